The smallest absolute Gasteiger partial charge is 0.254 e. The molecule has 122 valence electrons. The molecule has 0 aliphatic rings. The molecule has 2 rings (SSSR count). The molecule has 0 atom stereocenters. The summed E-state index contributed by atoms with van der Waals surface area (Å²) < 4.78 is 36.1. The molecule has 23 heavy (non-hydrogen) atoms. The molecule has 3 N–H and O–H groups in total. The summed E-state index contributed by atoms with van der Waals surface area (Å²) in [5, 5.41) is 7.90. The molecule has 0 radical (unpaired) electrons. The number of nitrogens with one attached hydrogen (secondary N) is 1. The molecule has 1 aromatic carbocycles. The number of nitrogens with zero attached hydrogens (tertiary/aromatic N) is 1. The van der Waals surface area contributed by atoms with Crippen LogP contribution in [0.3, 0.4) is 0 Å². The average Bonchev–Trinajstić information content (AvgIpc) is 2.46. The third kappa shape index (κ3) is 4.50. The lowest BCUT2D eigenvalue weighted by atomic mass is 10.2. The van der Waals surface area contributed by atoms with E-state index in [4.69, 9.17) is 5.14 Å². The van der Waals surface area contributed by atoms with Crippen molar-refractivity contribution in [3.63, 3.8) is 0 Å². The number of primary sulfonamides is 1. The lowest BCUT2D eigenvalue weighted by Gasteiger charge is -2.10. The molecule has 0 saturated carbocycles. The van der Waals surface area contributed by atoms with E-state index in [2.05, 4.69) is 10.3 Å². The summed E-state index contributed by atoms with van der Waals surface area (Å²) in [5.74, 6) is -0.903. The number of amides is 1. The van der Waals surface area contributed by atoms with Crippen molar-refractivity contribution in [2.24, 2.45) is 5.14 Å². The third-order valence-corrected chi connectivity index (χ3v) is 4.64. The lowest BCUT2D eigenvalue weighted by Crippen LogP contribution is -2.24. The SMILES string of the molecule is CCNC(=O)c1cc(S(N)(=O)=O)cnc1Sc1cccc(F)c1. The largest absolute Gasteiger partial charge is 0.352 e. The van der Waals surface area contributed by atoms with Gasteiger partial charge in [-0.3, -0.25) is 4.79 Å². The van der Waals surface area contributed by atoms with Crippen LogP contribution in [0.1, 0.15) is 17.3 Å². The fraction of sp³-hybridized carbons (Fsp3) is 0.143. The van der Waals surface area contributed by atoms with Gasteiger partial charge in [-0.05, 0) is 31.2 Å². The summed E-state index contributed by atoms with van der Waals surface area (Å²) in [6.07, 6.45) is 1.07. The number of sulfonamides is 1. The van der Waals surface area contributed by atoms with E-state index in [0.29, 0.717) is 11.4 Å². The topological polar surface area (TPSA) is 102 Å². The Bertz CT molecular complexity index is 841. The maximum atomic E-state index is 13.3. The molecule has 0 saturated heterocycles. The van der Waals surface area contributed by atoms with Crippen molar-refractivity contribution in [2.45, 2.75) is 21.7 Å². The highest BCUT2D eigenvalue weighted by Crippen LogP contribution is 2.30. The highest BCUT2D eigenvalue weighted by atomic mass is 32.2. The number of nitrogens with two attached hydrogens (primary N) is 1. The van der Waals surface area contributed by atoms with Gasteiger partial charge in [0.15, 0.2) is 0 Å². The normalized spacial score (nSPS) is 11.3. The van der Waals surface area contributed by atoms with Crippen LogP contribution in [0.15, 0.2) is 51.3 Å². The van der Waals surface area contributed by atoms with Crippen LogP contribution >= 0.6 is 11.8 Å². The first-order valence-electron chi connectivity index (χ1n) is 6.55. The van der Waals surface area contributed by atoms with Crippen molar-refractivity contribution < 1.29 is 17.6 Å². The van der Waals surface area contributed by atoms with E-state index in [-0.39, 0.29) is 15.5 Å². The second-order valence-electron chi connectivity index (χ2n) is 4.49. The van der Waals surface area contributed by atoms with Gasteiger partial charge >= 0.3 is 0 Å². The predicted octanol–water partition coefficient (Wildman–Crippen LogP) is 1.77. The number of hydrogen-bond donors (Lipinski definition) is 2. The molecule has 9 heteroatoms. The number of hydrogen-bond acceptors (Lipinski definition) is 5. The highest BCUT2D eigenvalue weighted by molar-refractivity contribution is 7.99. The van der Waals surface area contributed by atoms with E-state index >= 15 is 0 Å². The van der Waals surface area contributed by atoms with E-state index < -0.39 is 21.7 Å². The molecule has 1 aromatic heterocycles. The molecule has 2 aromatic rings. The quantitative estimate of drug-likeness (QED) is 0.851. The molecule has 1 heterocycles. The number of pyridine rings is 1. The number of benzene rings is 1. The minimum absolute atomic E-state index is 0.0626. The number of halogens is 1. The Kier molecular flexibility index (Phi) is 5.34. The van der Waals surface area contributed by atoms with Gasteiger partial charge in [0.05, 0.1) is 5.56 Å². The van der Waals surface area contributed by atoms with Crippen molar-refractivity contribution >= 4 is 27.7 Å². The van der Waals surface area contributed by atoms with Gasteiger partial charge in [-0.25, -0.2) is 22.9 Å². The summed E-state index contributed by atoms with van der Waals surface area (Å²) in [5.41, 5.74) is 0.0626. The molecule has 1 amide bonds. The van der Waals surface area contributed by atoms with Gasteiger partial charge in [0.2, 0.25) is 10.0 Å². The molecule has 0 unspecified atom stereocenters. The van der Waals surface area contributed by atoms with E-state index in [0.717, 1.165) is 24.0 Å². The van der Waals surface area contributed by atoms with Gasteiger partial charge in [-0.2, -0.15) is 0 Å². The maximum absolute atomic E-state index is 13.3. The Balaban J connectivity index is 2.47. The van der Waals surface area contributed by atoms with Crippen molar-refractivity contribution in [3.8, 4) is 0 Å². The zero-order valence-electron chi connectivity index (χ0n) is 12.1. The van der Waals surface area contributed by atoms with Crippen LogP contribution in [0.4, 0.5) is 4.39 Å². The second kappa shape index (κ2) is 7.07. The lowest BCUT2D eigenvalue weighted by molar-refractivity contribution is 0.0952. The standard InChI is InChI=1S/C14H14FN3O3S2/c1-2-17-13(19)12-7-11(23(16,20)21)8-18-14(12)22-10-5-3-4-9(15)6-10/h3-8H,2H2,1H3,(H,17,19)(H2,16,20,21). The molecular formula is C14H14FN3O3S2. The van der Waals surface area contributed by atoms with Crippen molar-refractivity contribution in [1.82, 2.24) is 10.3 Å². The van der Waals surface area contributed by atoms with Gasteiger partial charge in [0.1, 0.15) is 15.7 Å². The first kappa shape index (κ1) is 17.4. The number of carbonyl (C=O) groups excluding carboxylic acids is 1. The summed E-state index contributed by atoms with van der Waals surface area (Å²) in [6, 6.07) is 6.94. The van der Waals surface area contributed by atoms with Crippen LogP contribution in [0.5, 0.6) is 0 Å². The fourth-order valence-corrected chi connectivity index (χ4v) is 3.12. The first-order chi connectivity index (χ1) is 10.8. The fourth-order valence-electron chi connectivity index (χ4n) is 1.73. The van der Waals surface area contributed by atoms with Crippen molar-refractivity contribution in [2.75, 3.05) is 6.54 Å². The molecular weight excluding hydrogens is 341 g/mol. The molecule has 0 bridgehead atoms. The summed E-state index contributed by atoms with van der Waals surface area (Å²) in [7, 11) is -3.98. The summed E-state index contributed by atoms with van der Waals surface area (Å²) >= 11 is 1.05. The first-order valence-corrected chi connectivity index (χ1v) is 8.92. The molecule has 0 fully saturated rings. The van der Waals surface area contributed by atoms with Gasteiger partial charge in [-0.1, -0.05) is 17.8 Å². The van der Waals surface area contributed by atoms with E-state index in [1.54, 1.807) is 13.0 Å². The molecule has 6 nitrogen and oxygen atoms in total. The molecule has 0 aliphatic carbocycles. The van der Waals surface area contributed by atoms with Gasteiger partial charge in [-0.15, -0.1) is 0 Å². The Morgan fingerprint density at radius 2 is 2.13 bits per heavy atom. The van der Waals surface area contributed by atoms with E-state index in [1.165, 1.54) is 18.2 Å². The monoisotopic (exact) mass is 355 g/mol. The minimum atomic E-state index is -3.98. The summed E-state index contributed by atoms with van der Waals surface area (Å²) in [6.45, 7) is 2.09. The van der Waals surface area contributed by atoms with Crippen molar-refractivity contribution in [1.29, 1.82) is 0 Å². The van der Waals surface area contributed by atoms with Crippen molar-refractivity contribution in [3.05, 3.63) is 47.9 Å². The van der Waals surface area contributed by atoms with Crippen LogP contribution in [-0.2, 0) is 10.0 Å². The predicted molar refractivity (Wildman–Crippen MR) is 84.1 cm³/mol. The third-order valence-electron chi connectivity index (χ3n) is 2.75. The minimum Gasteiger partial charge on any atom is -0.352 e. The van der Waals surface area contributed by atoms with Crippen LogP contribution in [0.2, 0.25) is 0 Å². The van der Waals surface area contributed by atoms with Crippen LogP contribution < -0.4 is 10.5 Å². The van der Waals surface area contributed by atoms with Gasteiger partial charge in [0, 0.05) is 17.6 Å². The Morgan fingerprint density at radius 3 is 2.74 bits per heavy atom. The Hall–Kier alpha value is -1.97. The highest BCUT2D eigenvalue weighted by Gasteiger charge is 2.18. The maximum Gasteiger partial charge on any atom is 0.254 e. The molecule has 0 spiro atoms. The number of carbonyl (C=O) groups is 1. The summed E-state index contributed by atoms with van der Waals surface area (Å²) in [4.78, 5) is 16.4. The van der Waals surface area contributed by atoms with E-state index in [1.807, 2.05) is 0 Å². The molecule has 0 aliphatic heterocycles. The zero-order valence-corrected chi connectivity index (χ0v) is 13.7. The second-order valence-corrected chi connectivity index (χ2v) is 7.11. The van der Waals surface area contributed by atoms with E-state index in [9.17, 15) is 17.6 Å². The van der Waals surface area contributed by atoms with Crippen LogP contribution in [0, 0.1) is 5.82 Å². The van der Waals surface area contributed by atoms with Gasteiger partial charge in [0.25, 0.3) is 5.91 Å². The zero-order chi connectivity index (χ0) is 17.0. The average molecular weight is 355 g/mol. The number of rotatable bonds is 5. The van der Waals surface area contributed by atoms with Gasteiger partial charge < -0.3 is 5.32 Å². The van der Waals surface area contributed by atoms with Crippen LogP contribution in [0.25, 0.3) is 0 Å². The van der Waals surface area contributed by atoms with Crippen LogP contribution in [-0.4, -0.2) is 25.9 Å². The Morgan fingerprint density at radius 1 is 1.39 bits per heavy atom. The number of aromatic nitrogens is 1. The Labute approximate surface area is 137 Å².